The van der Waals surface area contributed by atoms with Crippen LogP contribution in [0.3, 0.4) is 0 Å². The smallest absolute Gasteiger partial charge is 0.240 e. The Kier molecular flexibility index (Phi) is 4.84. The summed E-state index contributed by atoms with van der Waals surface area (Å²) in [5, 5.41) is 0. The largest absolute Gasteiger partial charge is 0.370 e. The zero-order valence-electron chi connectivity index (χ0n) is 10.4. The lowest BCUT2D eigenvalue weighted by atomic mass is 10.3. The van der Waals surface area contributed by atoms with Crippen LogP contribution in [0.1, 0.15) is 6.92 Å². The Morgan fingerprint density at radius 2 is 1.79 bits per heavy atom. The Labute approximate surface area is 111 Å². The van der Waals surface area contributed by atoms with E-state index in [2.05, 4.69) is 14.7 Å². The van der Waals surface area contributed by atoms with Crippen LogP contribution in [0, 0.1) is 0 Å². The SMILES string of the molecule is CCNS(=O)(=O)c1ccc(N=C(N)N=C(N)N)cc1. The van der Waals surface area contributed by atoms with Crippen LogP contribution in [0.2, 0.25) is 0 Å². The Balaban J connectivity index is 2.98. The van der Waals surface area contributed by atoms with E-state index in [4.69, 9.17) is 17.2 Å². The molecule has 1 rings (SSSR count). The Hall–Kier alpha value is -2.13. The molecule has 0 bridgehead atoms. The van der Waals surface area contributed by atoms with E-state index in [1.54, 1.807) is 6.92 Å². The summed E-state index contributed by atoms with van der Waals surface area (Å²) in [6.45, 7) is 2.02. The van der Waals surface area contributed by atoms with Crippen LogP contribution < -0.4 is 21.9 Å². The van der Waals surface area contributed by atoms with Crippen LogP contribution in [0.15, 0.2) is 39.1 Å². The van der Waals surface area contributed by atoms with Crippen molar-refractivity contribution in [3.63, 3.8) is 0 Å². The highest BCUT2D eigenvalue weighted by Crippen LogP contribution is 2.16. The van der Waals surface area contributed by atoms with Gasteiger partial charge in [0.05, 0.1) is 10.6 Å². The van der Waals surface area contributed by atoms with Crippen molar-refractivity contribution >= 4 is 27.6 Å². The number of nitrogens with one attached hydrogen (secondary N) is 1. The van der Waals surface area contributed by atoms with Gasteiger partial charge in [-0.1, -0.05) is 6.92 Å². The molecular weight excluding hydrogens is 268 g/mol. The summed E-state index contributed by atoms with van der Waals surface area (Å²) in [5.41, 5.74) is 16.2. The molecule has 7 N–H and O–H groups in total. The Bertz CT molecular complexity index is 587. The molecule has 1 aromatic rings. The first kappa shape index (κ1) is 14.9. The van der Waals surface area contributed by atoms with Crippen LogP contribution >= 0.6 is 0 Å². The van der Waals surface area contributed by atoms with E-state index in [9.17, 15) is 8.42 Å². The molecule has 8 nitrogen and oxygen atoms in total. The van der Waals surface area contributed by atoms with Crippen LogP contribution in [-0.2, 0) is 10.0 Å². The third kappa shape index (κ3) is 4.56. The molecule has 0 fully saturated rings. The van der Waals surface area contributed by atoms with Gasteiger partial charge in [-0.2, -0.15) is 4.99 Å². The Morgan fingerprint density at radius 1 is 1.21 bits per heavy atom. The van der Waals surface area contributed by atoms with Crippen LogP contribution in [0.25, 0.3) is 0 Å². The number of sulfonamides is 1. The minimum Gasteiger partial charge on any atom is -0.370 e. The average Bonchev–Trinajstić information content (AvgIpc) is 2.28. The summed E-state index contributed by atoms with van der Waals surface area (Å²) in [7, 11) is -3.47. The number of hydrogen-bond donors (Lipinski definition) is 4. The zero-order valence-corrected chi connectivity index (χ0v) is 11.2. The van der Waals surface area contributed by atoms with Gasteiger partial charge in [0, 0.05) is 6.54 Å². The second kappa shape index (κ2) is 6.16. The second-order valence-corrected chi connectivity index (χ2v) is 5.27. The summed E-state index contributed by atoms with van der Waals surface area (Å²) in [5.74, 6) is -0.310. The molecule has 0 unspecified atom stereocenters. The molecule has 19 heavy (non-hydrogen) atoms. The molecule has 1 aromatic carbocycles. The van der Waals surface area contributed by atoms with E-state index in [1.165, 1.54) is 24.3 Å². The molecule has 0 aliphatic carbocycles. The summed E-state index contributed by atoms with van der Waals surface area (Å²) in [4.78, 5) is 7.59. The van der Waals surface area contributed by atoms with Crippen molar-refractivity contribution in [2.24, 2.45) is 27.2 Å². The number of benzene rings is 1. The highest BCUT2D eigenvalue weighted by molar-refractivity contribution is 7.89. The van der Waals surface area contributed by atoms with Gasteiger partial charge in [-0.15, -0.1) is 0 Å². The average molecular weight is 284 g/mol. The number of nitrogens with two attached hydrogens (primary N) is 3. The van der Waals surface area contributed by atoms with Crippen molar-refractivity contribution in [3.8, 4) is 0 Å². The van der Waals surface area contributed by atoms with Crippen LogP contribution in [0.5, 0.6) is 0 Å². The van der Waals surface area contributed by atoms with Crippen molar-refractivity contribution in [1.29, 1.82) is 0 Å². The van der Waals surface area contributed by atoms with Crippen molar-refractivity contribution in [2.75, 3.05) is 6.54 Å². The predicted octanol–water partition coefficient (Wildman–Crippen LogP) is -0.796. The molecule has 0 saturated heterocycles. The van der Waals surface area contributed by atoms with Gasteiger partial charge in [0.15, 0.2) is 5.96 Å². The maximum absolute atomic E-state index is 11.7. The van der Waals surface area contributed by atoms with E-state index in [0.29, 0.717) is 12.2 Å². The standard InChI is InChI=1S/C10H16N6O2S/c1-2-14-19(17,18)8-5-3-7(4-6-8)15-10(13)16-9(11)12/h3-6,14H,2H2,1H3,(H6,11,12,13,15,16). The fourth-order valence-electron chi connectivity index (χ4n) is 1.26. The summed E-state index contributed by atoms with van der Waals surface area (Å²) in [6, 6.07) is 5.83. The number of nitrogens with zero attached hydrogens (tertiary/aromatic N) is 2. The number of guanidine groups is 2. The van der Waals surface area contributed by atoms with E-state index in [1.807, 2.05) is 0 Å². The quantitative estimate of drug-likeness (QED) is 0.422. The summed E-state index contributed by atoms with van der Waals surface area (Å²) >= 11 is 0. The van der Waals surface area contributed by atoms with Crippen molar-refractivity contribution in [1.82, 2.24) is 4.72 Å². The molecule has 0 atom stereocenters. The monoisotopic (exact) mass is 284 g/mol. The summed E-state index contributed by atoms with van der Waals surface area (Å²) in [6.07, 6.45) is 0. The van der Waals surface area contributed by atoms with Gasteiger partial charge in [0.2, 0.25) is 16.0 Å². The first-order chi connectivity index (χ1) is 8.85. The lowest BCUT2D eigenvalue weighted by Crippen LogP contribution is -2.26. The molecule has 9 heteroatoms. The zero-order chi connectivity index (χ0) is 14.5. The van der Waals surface area contributed by atoms with Gasteiger partial charge in [0.25, 0.3) is 0 Å². The normalized spacial score (nSPS) is 12.2. The van der Waals surface area contributed by atoms with Gasteiger partial charge < -0.3 is 17.2 Å². The molecule has 0 heterocycles. The minimum absolute atomic E-state index is 0.109. The van der Waals surface area contributed by atoms with Crippen molar-refractivity contribution in [3.05, 3.63) is 24.3 Å². The van der Waals surface area contributed by atoms with Gasteiger partial charge >= 0.3 is 0 Å². The summed E-state index contributed by atoms with van der Waals surface area (Å²) < 4.78 is 25.8. The minimum atomic E-state index is -3.47. The van der Waals surface area contributed by atoms with Gasteiger partial charge in [-0.25, -0.2) is 18.1 Å². The molecule has 0 radical (unpaired) electrons. The molecule has 104 valence electrons. The predicted molar refractivity (Wildman–Crippen MR) is 74.4 cm³/mol. The lowest BCUT2D eigenvalue weighted by molar-refractivity contribution is 0.584. The van der Waals surface area contributed by atoms with E-state index < -0.39 is 10.0 Å². The molecule has 0 aromatic heterocycles. The highest BCUT2D eigenvalue weighted by atomic mass is 32.2. The van der Waals surface area contributed by atoms with Crippen molar-refractivity contribution < 1.29 is 8.42 Å². The number of aliphatic imine (C=N–C) groups is 2. The first-order valence-electron chi connectivity index (χ1n) is 5.38. The molecule has 0 spiro atoms. The van der Waals surface area contributed by atoms with E-state index in [-0.39, 0.29) is 16.8 Å². The number of rotatable bonds is 4. The van der Waals surface area contributed by atoms with Gasteiger partial charge in [-0.3, -0.25) is 0 Å². The van der Waals surface area contributed by atoms with Crippen LogP contribution in [-0.4, -0.2) is 26.9 Å². The van der Waals surface area contributed by atoms with E-state index in [0.717, 1.165) is 0 Å². The van der Waals surface area contributed by atoms with E-state index >= 15 is 0 Å². The fourth-order valence-corrected chi connectivity index (χ4v) is 2.30. The molecule has 0 saturated carbocycles. The van der Waals surface area contributed by atoms with Gasteiger partial charge in [-0.05, 0) is 24.3 Å². The third-order valence-electron chi connectivity index (χ3n) is 1.97. The highest BCUT2D eigenvalue weighted by Gasteiger charge is 2.11. The first-order valence-corrected chi connectivity index (χ1v) is 6.87. The number of hydrogen-bond acceptors (Lipinski definition) is 3. The second-order valence-electron chi connectivity index (χ2n) is 3.50. The lowest BCUT2D eigenvalue weighted by Gasteiger charge is -2.04. The Morgan fingerprint density at radius 3 is 2.26 bits per heavy atom. The molecule has 0 aliphatic heterocycles. The molecule has 0 amide bonds. The van der Waals surface area contributed by atoms with Gasteiger partial charge in [0.1, 0.15) is 0 Å². The molecular formula is C10H16N6O2S. The topological polar surface area (TPSA) is 149 Å². The fraction of sp³-hybridized carbons (Fsp3) is 0.200. The van der Waals surface area contributed by atoms with Crippen LogP contribution in [0.4, 0.5) is 5.69 Å². The third-order valence-corrected chi connectivity index (χ3v) is 3.53. The molecule has 0 aliphatic rings. The van der Waals surface area contributed by atoms with Crippen molar-refractivity contribution in [2.45, 2.75) is 11.8 Å². The maximum Gasteiger partial charge on any atom is 0.240 e. The maximum atomic E-state index is 11.7.